The van der Waals surface area contributed by atoms with Crippen molar-refractivity contribution in [3.05, 3.63) is 65.2 Å². The summed E-state index contributed by atoms with van der Waals surface area (Å²) in [6.07, 6.45) is 1.32. The molecule has 1 heterocycles. The molecular formula is C19H22OS2. The normalized spacial score (nSPS) is 17.2. The largest absolute Gasteiger partial charge is 0.489 e. The standard InChI is InChI=1S/C19H22OS2/c1-15-5-3-6-16(13-15)14-20-18-9-7-17(8-10-18)19(2)21-11-4-12-22-19/h3,5-10,13H,4,11-12,14H2,1-2H3. The Labute approximate surface area is 141 Å². The van der Waals surface area contributed by atoms with E-state index in [9.17, 15) is 0 Å². The van der Waals surface area contributed by atoms with E-state index in [2.05, 4.69) is 85.9 Å². The van der Waals surface area contributed by atoms with E-state index in [1.807, 2.05) is 0 Å². The first-order valence-corrected chi connectivity index (χ1v) is 9.70. The molecule has 1 fully saturated rings. The summed E-state index contributed by atoms with van der Waals surface area (Å²) in [6.45, 7) is 5.07. The highest BCUT2D eigenvalue weighted by molar-refractivity contribution is 8.18. The Morgan fingerprint density at radius 3 is 2.45 bits per heavy atom. The number of hydrogen-bond acceptors (Lipinski definition) is 3. The Kier molecular flexibility index (Phi) is 5.04. The van der Waals surface area contributed by atoms with Gasteiger partial charge in [0.2, 0.25) is 0 Å². The summed E-state index contributed by atoms with van der Waals surface area (Å²) in [5.41, 5.74) is 3.88. The van der Waals surface area contributed by atoms with Crippen LogP contribution in [0.15, 0.2) is 48.5 Å². The lowest BCUT2D eigenvalue weighted by Crippen LogP contribution is -2.18. The highest BCUT2D eigenvalue weighted by Gasteiger charge is 2.30. The predicted octanol–water partition coefficient (Wildman–Crippen LogP) is 5.62. The van der Waals surface area contributed by atoms with E-state index >= 15 is 0 Å². The zero-order valence-corrected chi connectivity index (χ0v) is 14.8. The summed E-state index contributed by atoms with van der Waals surface area (Å²) >= 11 is 4.12. The number of benzene rings is 2. The van der Waals surface area contributed by atoms with Crippen molar-refractivity contribution in [1.82, 2.24) is 0 Å². The number of aryl methyl sites for hydroxylation is 1. The molecule has 116 valence electrons. The molecule has 0 saturated carbocycles. The monoisotopic (exact) mass is 330 g/mol. The van der Waals surface area contributed by atoms with Gasteiger partial charge in [-0.25, -0.2) is 0 Å². The summed E-state index contributed by atoms with van der Waals surface area (Å²) in [7, 11) is 0. The molecule has 1 nitrogen and oxygen atoms in total. The van der Waals surface area contributed by atoms with Crippen molar-refractivity contribution >= 4 is 23.5 Å². The van der Waals surface area contributed by atoms with Crippen LogP contribution in [-0.4, -0.2) is 11.5 Å². The van der Waals surface area contributed by atoms with Crippen LogP contribution in [-0.2, 0) is 10.7 Å². The second-order valence-electron chi connectivity index (χ2n) is 5.80. The highest BCUT2D eigenvalue weighted by Crippen LogP contribution is 2.49. The lowest BCUT2D eigenvalue weighted by Gasteiger charge is -2.32. The van der Waals surface area contributed by atoms with E-state index in [4.69, 9.17) is 4.74 Å². The van der Waals surface area contributed by atoms with Gasteiger partial charge in [-0.05, 0) is 55.0 Å². The van der Waals surface area contributed by atoms with Crippen LogP contribution in [0.2, 0.25) is 0 Å². The van der Waals surface area contributed by atoms with Gasteiger partial charge in [-0.3, -0.25) is 0 Å². The Hall–Kier alpha value is -1.06. The molecule has 2 aromatic rings. The first-order valence-electron chi connectivity index (χ1n) is 7.72. The van der Waals surface area contributed by atoms with Crippen LogP contribution in [0.25, 0.3) is 0 Å². The van der Waals surface area contributed by atoms with Gasteiger partial charge in [-0.1, -0.05) is 42.0 Å². The third-order valence-corrected chi connectivity index (χ3v) is 7.18. The van der Waals surface area contributed by atoms with Crippen LogP contribution in [0.1, 0.15) is 30.0 Å². The Morgan fingerprint density at radius 1 is 1.05 bits per heavy atom. The van der Waals surface area contributed by atoms with E-state index in [1.54, 1.807) is 0 Å². The lowest BCUT2D eigenvalue weighted by molar-refractivity contribution is 0.306. The van der Waals surface area contributed by atoms with Gasteiger partial charge in [-0.2, -0.15) is 0 Å². The van der Waals surface area contributed by atoms with Crippen molar-refractivity contribution in [2.24, 2.45) is 0 Å². The van der Waals surface area contributed by atoms with E-state index in [0.29, 0.717) is 6.61 Å². The number of rotatable bonds is 4. The van der Waals surface area contributed by atoms with Crippen molar-refractivity contribution in [2.45, 2.75) is 31.0 Å². The molecule has 0 aromatic heterocycles. The molecule has 1 aliphatic rings. The van der Waals surface area contributed by atoms with Gasteiger partial charge < -0.3 is 4.74 Å². The fourth-order valence-electron chi connectivity index (χ4n) is 2.62. The fourth-order valence-corrected chi connectivity index (χ4v) is 5.60. The van der Waals surface area contributed by atoms with Gasteiger partial charge in [0.05, 0.1) is 4.08 Å². The van der Waals surface area contributed by atoms with Gasteiger partial charge in [0.25, 0.3) is 0 Å². The smallest absolute Gasteiger partial charge is 0.119 e. The minimum atomic E-state index is 0.202. The van der Waals surface area contributed by atoms with Crippen LogP contribution in [0.3, 0.4) is 0 Å². The minimum absolute atomic E-state index is 0.202. The summed E-state index contributed by atoms with van der Waals surface area (Å²) in [5.74, 6) is 3.46. The average Bonchev–Trinajstić information content (AvgIpc) is 2.54. The molecule has 3 heteroatoms. The summed E-state index contributed by atoms with van der Waals surface area (Å²) in [6, 6.07) is 17.1. The molecule has 0 amide bonds. The second kappa shape index (κ2) is 7.01. The minimum Gasteiger partial charge on any atom is -0.489 e. The Morgan fingerprint density at radius 2 is 1.77 bits per heavy atom. The third-order valence-electron chi connectivity index (χ3n) is 3.91. The van der Waals surface area contributed by atoms with Crippen molar-refractivity contribution in [3.63, 3.8) is 0 Å². The lowest BCUT2D eigenvalue weighted by atomic mass is 10.1. The second-order valence-corrected chi connectivity index (χ2v) is 9.08. The Bertz CT molecular complexity index is 616. The molecule has 22 heavy (non-hydrogen) atoms. The van der Waals surface area contributed by atoms with E-state index in [1.165, 1.54) is 34.6 Å². The molecule has 2 aromatic carbocycles. The number of thioether (sulfide) groups is 2. The maximum atomic E-state index is 5.91. The quantitative estimate of drug-likeness (QED) is 0.720. The van der Waals surface area contributed by atoms with E-state index in [-0.39, 0.29) is 4.08 Å². The van der Waals surface area contributed by atoms with E-state index < -0.39 is 0 Å². The first kappa shape index (κ1) is 15.8. The molecule has 0 unspecified atom stereocenters. The van der Waals surface area contributed by atoms with Crippen molar-refractivity contribution in [1.29, 1.82) is 0 Å². The first-order chi connectivity index (χ1) is 10.7. The van der Waals surface area contributed by atoms with Gasteiger partial charge in [0, 0.05) is 0 Å². The van der Waals surface area contributed by atoms with Gasteiger partial charge in [0.1, 0.15) is 12.4 Å². The third kappa shape index (κ3) is 3.82. The average molecular weight is 331 g/mol. The number of ether oxygens (including phenoxy) is 1. The van der Waals surface area contributed by atoms with Crippen LogP contribution in [0.4, 0.5) is 0 Å². The molecule has 1 saturated heterocycles. The SMILES string of the molecule is Cc1cccc(COc2ccc(C3(C)SCCCS3)cc2)c1. The fraction of sp³-hybridized carbons (Fsp3) is 0.368. The molecule has 0 N–H and O–H groups in total. The van der Waals surface area contributed by atoms with E-state index in [0.717, 1.165) is 5.75 Å². The van der Waals surface area contributed by atoms with Gasteiger partial charge in [-0.15, -0.1) is 23.5 Å². The van der Waals surface area contributed by atoms with Crippen molar-refractivity contribution in [3.8, 4) is 5.75 Å². The van der Waals surface area contributed by atoms with Crippen molar-refractivity contribution in [2.75, 3.05) is 11.5 Å². The zero-order chi connectivity index (χ0) is 15.4. The molecule has 0 atom stereocenters. The maximum Gasteiger partial charge on any atom is 0.119 e. The summed E-state index contributed by atoms with van der Waals surface area (Å²) in [5, 5.41) is 0. The maximum absolute atomic E-state index is 5.91. The molecule has 0 spiro atoms. The molecular weight excluding hydrogens is 308 g/mol. The van der Waals surface area contributed by atoms with Gasteiger partial charge in [0.15, 0.2) is 0 Å². The van der Waals surface area contributed by atoms with Crippen LogP contribution in [0.5, 0.6) is 5.75 Å². The number of hydrogen-bond donors (Lipinski definition) is 0. The summed E-state index contributed by atoms with van der Waals surface area (Å²) in [4.78, 5) is 0. The zero-order valence-electron chi connectivity index (χ0n) is 13.2. The summed E-state index contributed by atoms with van der Waals surface area (Å²) < 4.78 is 6.11. The topological polar surface area (TPSA) is 9.23 Å². The van der Waals surface area contributed by atoms with Crippen LogP contribution >= 0.6 is 23.5 Å². The molecule has 0 aliphatic carbocycles. The van der Waals surface area contributed by atoms with Crippen LogP contribution in [0, 0.1) is 6.92 Å². The Balaban J connectivity index is 1.64. The molecule has 1 aliphatic heterocycles. The highest BCUT2D eigenvalue weighted by atomic mass is 32.2. The molecule has 0 bridgehead atoms. The molecule has 3 rings (SSSR count). The molecule has 0 radical (unpaired) electrons. The van der Waals surface area contributed by atoms with Crippen LogP contribution < -0.4 is 4.74 Å². The van der Waals surface area contributed by atoms with Gasteiger partial charge >= 0.3 is 0 Å². The predicted molar refractivity (Wildman–Crippen MR) is 98.8 cm³/mol. The van der Waals surface area contributed by atoms with Crippen molar-refractivity contribution < 1.29 is 4.74 Å².